The molecular weight excluding hydrogens is 360 g/mol. The van der Waals surface area contributed by atoms with E-state index in [9.17, 15) is 9.59 Å². The van der Waals surface area contributed by atoms with E-state index in [1.165, 1.54) is 11.3 Å². The maximum Gasteiger partial charge on any atom is 0.317 e. The summed E-state index contributed by atoms with van der Waals surface area (Å²) in [5, 5.41) is 10.4. The number of thiophene rings is 1. The number of carboxylic acids is 1. The largest absolute Gasteiger partial charge is 0.480 e. The van der Waals surface area contributed by atoms with Crippen molar-refractivity contribution in [1.82, 2.24) is 9.80 Å². The number of halogens is 1. The van der Waals surface area contributed by atoms with Crippen LogP contribution in [0.2, 0.25) is 5.02 Å². The molecule has 1 aliphatic heterocycles. The highest BCUT2D eigenvalue weighted by Crippen LogP contribution is 2.36. The number of fused-ring (bicyclic) bond motifs is 1. The lowest BCUT2D eigenvalue weighted by molar-refractivity contribution is -0.138. The molecule has 1 atom stereocenters. The van der Waals surface area contributed by atoms with Crippen molar-refractivity contribution >= 4 is 44.9 Å². The molecule has 7 heteroatoms. The predicted octanol–water partition coefficient (Wildman–Crippen LogP) is 3.57. The maximum absolute atomic E-state index is 12.9. The van der Waals surface area contributed by atoms with Gasteiger partial charge in [0, 0.05) is 29.2 Å². The normalized spacial score (nSPS) is 18.5. The Morgan fingerprint density at radius 2 is 2.08 bits per heavy atom. The van der Waals surface area contributed by atoms with Gasteiger partial charge in [0.15, 0.2) is 0 Å². The fourth-order valence-corrected chi connectivity index (χ4v) is 4.84. The number of likely N-dealkylation sites (tertiary alicyclic amines) is 1. The number of benzene rings is 1. The highest BCUT2D eigenvalue weighted by atomic mass is 35.5. The topological polar surface area (TPSA) is 60.9 Å². The molecule has 1 saturated heterocycles. The van der Waals surface area contributed by atoms with Gasteiger partial charge >= 0.3 is 5.97 Å². The summed E-state index contributed by atoms with van der Waals surface area (Å²) in [6, 6.07) is 7.96. The zero-order chi connectivity index (χ0) is 18.0. The maximum atomic E-state index is 12.9. The van der Waals surface area contributed by atoms with Crippen LogP contribution in [-0.2, 0) is 4.79 Å². The van der Waals surface area contributed by atoms with Crippen LogP contribution >= 0.6 is 22.9 Å². The molecule has 0 radical (unpaired) electrons. The lowest BCUT2D eigenvalue weighted by Gasteiger charge is -2.25. The third-order valence-corrected chi connectivity index (χ3v) is 6.39. The van der Waals surface area contributed by atoms with E-state index in [1.54, 1.807) is 0 Å². The number of rotatable bonds is 4. The van der Waals surface area contributed by atoms with Crippen LogP contribution in [0.1, 0.15) is 28.9 Å². The minimum Gasteiger partial charge on any atom is -0.480 e. The first-order valence-electron chi connectivity index (χ1n) is 8.35. The number of likely N-dealkylation sites (N-methyl/N-ethyl adjacent to an activating group) is 1. The first kappa shape index (κ1) is 18.2. The van der Waals surface area contributed by atoms with Crippen molar-refractivity contribution in [2.45, 2.75) is 25.3 Å². The van der Waals surface area contributed by atoms with Gasteiger partial charge in [0.05, 0.1) is 11.6 Å². The monoisotopic (exact) mass is 380 g/mol. The highest BCUT2D eigenvalue weighted by molar-refractivity contribution is 7.21. The second-order valence-electron chi connectivity index (χ2n) is 6.43. The van der Waals surface area contributed by atoms with Gasteiger partial charge in [-0.05, 0) is 32.4 Å². The van der Waals surface area contributed by atoms with Crippen molar-refractivity contribution in [2.75, 3.05) is 26.7 Å². The molecule has 5 nitrogen and oxygen atoms in total. The summed E-state index contributed by atoms with van der Waals surface area (Å²) in [7, 11) is 1.83. The Kier molecular flexibility index (Phi) is 5.61. The molecule has 134 valence electrons. The van der Waals surface area contributed by atoms with Gasteiger partial charge in [0.1, 0.15) is 4.88 Å². The standard InChI is InChI=1S/C18H21ClN2O3S/c1-20(11-15(22)23)12-5-4-9-21(10-8-12)18(24)17-16(19)13-6-2-3-7-14(13)25-17/h2-3,6-7,12H,4-5,8-11H2,1H3,(H,22,23)/t12-/m1/s1. The molecule has 2 heterocycles. The molecule has 0 spiro atoms. The van der Waals surface area contributed by atoms with E-state index < -0.39 is 5.97 Å². The minimum absolute atomic E-state index is 0.0206. The Morgan fingerprint density at radius 3 is 2.80 bits per heavy atom. The van der Waals surface area contributed by atoms with Gasteiger partial charge < -0.3 is 10.0 Å². The van der Waals surface area contributed by atoms with Crippen LogP contribution in [0.25, 0.3) is 10.1 Å². The average Bonchev–Trinajstić information content (AvgIpc) is 2.76. The van der Waals surface area contributed by atoms with E-state index in [0.29, 0.717) is 23.0 Å². The van der Waals surface area contributed by atoms with Crippen molar-refractivity contribution in [2.24, 2.45) is 0 Å². The highest BCUT2D eigenvalue weighted by Gasteiger charge is 2.27. The Labute approximate surface area is 155 Å². The number of hydrogen-bond acceptors (Lipinski definition) is 4. The van der Waals surface area contributed by atoms with Crippen LogP contribution in [-0.4, -0.2) is 59.5 Å². The summed E-state index contributed by atoms with van der Waals surface area (Å²) in [5.74, 6) is -0.843. The smallest absolute Gasteiger partial charge is 0.317 e. The molecular formula is C18H21ClN2O3S. The third-order valence-electron chi connectivity index (χ3n) is 4.72. The van der Waals surface area contributed by atoms with Gasteiger partial charge in [-0.1, -0.05) is 29.8 Å². The van der Waals surface area contributed by atoms with Crippen molar-refractivity contribution < 1.29 is 14.7 Å². The molecule has 1 aromatic carbocycles. The molecule has 1 aliphatic rings. The fourth-order valence-electron chi connectivity index (χ4n) is 3.36. The van der Waals surface area contributed by atoms with Gasteiger partial charge in [-0.25, -0.2) is 0 Å². The quantitative estimate of drug-likeness (QED) is 0.880. The number of nitrogens with zero attached hydrogens (tertiary/aromatic N) is 2. The zero-order valence-corrected chi connectivity index (χ0v) is 15.6. The predicted molar refractivity (Wildman–Crippen MR) is 101 cm³/mol. The molecule has 3 rings (SSSR count). The summed E-state index contributed by atoms with van der Waals surface area (Å²) in [5.41, 5.74) is 0. The zero-order valence-electron chi connectivity index (χ0n) is 14.1. The summed E-state index contributed by atoms with van der Waals surface area (Å²) in [6.07, 6.45) is 2.54. The first-order chi connectivity index (χ1) is 12.0. The van der Waals surface area contributed by atoms with Crippen LogP contribution in [0.4, 0.5) is 0 Å². The van der Waals surface area contributed by atoms with Gasteiger partial charge in [0.25, 0.3) is 5.91 Å². The van der Waals surface area contributed by atoms with Gasteiger partial charge in [-0.15, -0.1) is 11.3 Å². The third kappa shape index (κ3) is 3.97. The van der Waals surface area contributed by atoms with E-state index >= 15 is 0 Å². The van der Waals surface area contributed by atoms with Crippen LogP contribution in [0.15, 0.2) is 24.3 Å². The molecule has 1 amide bonds. The molecule has 0 bridgehead atoms. The molecule has 0 unspecified atom stereocenters. The van der Waals surface area contributed by atoms with Crippen molar-refractivity contribution in [1.29, 1.82) is 0 Å². The SMILES string of the molecule is CN(CC(=O)O)[C@@H]1CCCN(C(=O)c2sc3ccccc3c2Cl)CC1. The number of amides is 1. The van der Waals surface area contributed by atoms with Crippen molar-refractivity contribution in [3.05, 3.63) is 34.2 Å². The fraction of sp³-hybridized carbons (Fsp3) is 0.444. The van der Waals surface area contributed by atoms with E-state index in [0.717, 1.165) is 29.3 Å². The number of carboxylic acid groups (broad SMARTS) is 1. The minimum atomic E-state index is -0.822. The van der Waals surface area contributed by atoms with E-state index in [1.807, 2.05) is 41.1 Å². The summed E-state index contributed by atoms with van der Waals surface area (Å²) in [6.45, 7) is 1.33. The second-order valence-corrected chi connectivity index (χ2v) is 7.86. The van der Waals surface area contributed by atoms with Gasteiger partial charge in [-0.3, -0.25) is 14.5 Å². The second kappa shape index (κ2) is 7.72. The van der Waals surface area contributed by atoms with Crippen molar-refractivity contribution in [3.8, 4) is 0 Å². The Bertz CT molecular complexity index is 792. The molecule has 1 N–H and O–H groups in total. The summed E-state index contributed by atoms with van der Waals surface area (Å²) >= 11 is 7.87. The first-order valence-corrected chi connectivity index (χ1v) is 9.55. The number of hydrogen-bond donors (Lipinski definition) is 1. The average molecular weight is 381 g/mol. The van der Waals surface area contributed by atoms with Crippen molar-refractivity contribution in [3.63, 3.8) is 0 Å². The molecule has 1 fully saturated rings. The number of carbonyl (C=O) groups excluding carboxylic acids is 1. The lowest BCUT2D eigenvalue weighted by atomic mass is 10.1. The van der Waals surface area contributed by atoms with Gasteiger partial charge in [0.2, 0.25) is 0 Å². The van der Waals surface area contributed by atoms with E-state index in [4.69, 9.17) is 16.7 Å². The lowest BCUT2D eigenvalue weighted by Crippen LogP contribution is -2.37. The van der Waals surface area contributed by atoms with Crippen LogP contribution in [0.3, 0.4) is 0 Å². The Morgan fingerprint density at radius 1 is 1.32 bits per heavy atom. The van der Waals surface area contributed by atoms with E-state index in [-0.39, 0.29) is 18.5 Å². The number of aliphatic carboxylic acids is 1. The van der Waals surface area contributed by atoms with E-state index in [2.05, 4.69) is 0 Å². The molecule has 2 aromatic rings. The summed E-state index contributed by atoms with van der Waals surface area (Å²) in [4.78, 5) is 28.2. The summed E-state index contributed by atoms with van der Waals surface area (Å²) < 4.78 is 1.02. The Balaban J connectivity index is 1.72. The Hall–Kier alpha value is -1.63. The molecule has 0 aliphatic carbocycles. The van der Waals surface area contributed by atoms with Gasteiger partial charge in [-0.2, -0.15) is 0 Å². The molecule has 1 aromatic heterocycles. The number of carbonyl (C=O) groups is 2. The van der Waals surface area contributed by atoms with Crippen LogP contribution in [0.5, 0.6) is 0 Å². The van der Waals surface area contributed by atoms with Crippen LogP contribution in [0, 0.1) is 0 Å². The molecule has 0 saturated carbocycles. The van der Waals surface area contributed by atoms with Crippen LogP contribution < -0.4 is 0 Å². The molecule has 25 heavy (non-hydrogen) atoms.